The van der Waals surface area contributed by atoms with Crippen LogP contribution < -0.4 is 5.56 Å². The molecule has 0 atom stereocenters. The first-order valence-electron chi connectivity index (χ1n) is 14.6. The van der Waals surface area contributed by atoms with E-state index in [4.69, 9.17) is 4.98 Å². The Balaban J connectivity index is 1.19. The number of aromatic amines is 1. The molecule has 0 unspecified atom stereocenters. The van der Waals surface area contributed by atoms with Gasteiger partial charge in [0.1, 0.15) is 5.82 Å². The van der Waals surface area contributed by atoms with E-state index in [9.17, 15) is 9.59 Å². The van der Waals surface area contributed by atoms with Gasteiger partial charge in [-0.25, -0.2) is 9.67 Å². The Morgan fingerprint density at radius 3 is 2.07 bits per heavy atom. The maximum absolute atomic E-state index is 13.9. The van der Waals surface area contributed by atoms with Crippen LogP contribution in [-0.4, -0.2) is 48.9 Å². The van der Waals surface area contributed by atoms with Gasteiger partial charge in [0, 0.05) is 19.0 Å². The third-order valence-electron chi connectivity index (χ3n) is 8.25. The van der Waals surface area contributed by atoms with Gasteiger partial charge in [-0.2, -0.15) is 0 Å². The van der Waals surface area contributed by atoms with Gasteiger partial charge < -0.3 is 9.88 Å². The number of carbonyl (C=O) groups is 1. The number of aromatic nitrogens is 5. The van der Waals surface area contributed by atoms with Crippen LogP contribution in [0.4, 0.5) is 0 Å². The van der Waals surface area contributed by atoms with E-state index in [0.717, 1.165) is 16.7 Å². The van der Waals surface area contributed by atoms with Gasteiger partial charge in [-0.05, 0) is 40.5 Å². The average Bonchev–Trinajstić information content (AvgIpc) is 3.41. The summed E-state index contributed by atoms with van der Waals surface area (Å²) in [6.07, 6.45) is 1.43. The number of nitrogens with zero attached hydrogens (tertiary/aromatic N) is 5. The van der Waals surface area contributed by atoms with Crippen molar-refractivity contribution >= 4 is 17.1 Å². The zero-order valence-electron chi connectivity index (χ0n) is 24.3. The highest BCUT2D eigenvalue weighted by Crippen LogP contribution is 2.31. The van der Waals surface area contributed by atoms with Gasteiger partial charge >= 0.3 is 0 Å². The van der Waals surface area contributed by atoms with Gasteiger partial charge in [0.15, 0.2) is 11.2 Å². The summed E-state index contributed by atoms with van der Waals surface area (Å²) in [6, 6.07) is 28.4. The number of hydrogen-bond donors (Lipinski definition) is 1. The molecule has 2 aromatic heterocycles. The lowest BCUT2D eigenvalue weighted by Crippen LogP contribution is -2.41. The second-order valence-corrected chi connectivity index (χ2v) is 12.2. The summed E-state index contributed by atoms with van der Waals surface area (Å²) in [5.74, 6) is 0.417. The molecule has 6 rings (SSSR count). The van der Waals surface area contributed by atoms with Gasteiger partial charge in [-0.1, -0.05) is 111 Å². The van der Waals surface area contributed by atoms with Crippen LogP contribution in [-0.2, 0) is 16.8 Å². The fourth-order valence-electron chi connectivity index (χ4n) is 5.79. The largest absolute Gasteiger partial charge is 0.342 e. The first-order valence-corrected chi connectivity index (χ1v) is 14.6. The van der Waals surface area contributed by atoms with E-state index >= 15 is 0 Å². The predicted octanol–water partition coefficient (Wildman–Crippen LogP) is 5.40. The summed E-state index contributed by atoms with van der Waals surface area (Å²) in [6.45, 7) is 8.24. The number of carbonyl (C=O) groups excluding carboxylic acids is 1. The van der Waals surface area contributed by atoms with Gasteiger partial charge in [0.2, 0.25) is 5.91 Å². The zero-order chi connectivity index (χ0) is 29.3. The molecule has 1 N–H and O–H groups in total. The predicted molar refractivity (Wildman–Crippen MR) is 163 cm³/mol. The second kappa shape index (κ2) is 11.4. The van der Waals surface area contributed by atoms with Gasteiger partial charge in [-0.3, -0.25) is 9.59 Å². The van der Waals surface area contributed by atoms with Crippen LogP contribution >= 0.6 is 0 Å². The SMILES string of the molecule is CC(C)(C)c1ccc(Cn2nnc3c(=O)[nH]c(C4CCN(C(=O)C(c5ccccc5)c5ccccc5)CC4)nc32)cc1. The quantitative estimate of drug-likeness (QED) is 0.300. The smallest absolute Gasteiger partial charge is 0.281 e. The molecule has 5 aromatic rings. The summed E-state index contributed by atoms with van der Waals surface area (Å²) >= 11 is 0. The Hall–Kier alpha value is -4.59. The summed E-state index contributed by atoms with van der Waals surface area (Å²) in [5.41, 5.74) is 4.82. The first-order chi connectivity index (χ1) is 20.3. The van der Waals surface area contributed by atoms with Crippen LogP contribution in [0.2, 0.25) is 0 Å². The molecule has 0 bridgehead atoms. The topological polar surface area (TPSA) is 96.8 Å². The molecular weight excluding hydrogens is 524 g/mol. The Kier molecular flexibility index (Phi) is 7.45. The van der Waals surface area contributed by atoms with Crippen LogP contribution in [0.15, 0.2) is 89.7 Å². The van der Waals surface area contributed by atoms with Crippen molar-refractivity contribution in [3.8, 4) is 0 Å². The fourth-order valence-corrected chi connectivity index (χ4v) is 5.79. The third-order valence-corrected chi connectivity index (χ3v) is 8.25. The minimum Gasteiger partial charge on any atom is -0.342 e. The minimum atomic E-state index is -0.351. The molecule has 0 aliphatic carbocycles. The Morgan fingerprint density at radius 1 is 0.905 bits per heavy atom. The maximum atomic E-state index is 13.9. The molecule has 0 spiro atoms. The Bertz CT molecular complexity index is 1690. The molecule has 8 heteroatoms. The highest BCUT2D eigenvalue weighted by molar-refractivity contribution is 5.87. The van der Waals surface area contributed by atoms with Gasteiger partial charge in [0.25, 0.3) is 5.56 Å². The van der Waals surface area contributed by atoms with E-state index in [2.05, 4.69) is 60.3 Å². The number of H-pyrrole nitrogens is 1. The van der Waals surface area contributed by atoms with Crippen LogP contribution in [0.3, 0.4) is 0 Å². The van der Waals surface area contributed by atoms with E-state index in [1.54, 1.807) is 4.68 Å². The number of amides is 1. The van der Waals surface area contributed by atoms with Crippen molar-refractivity contribution in [1.29, 1.82) is 0 Å². The van der Waals surface area contributed by atoms with Crippen molar-refractivity contribution in [3.05, 3.63) is 123 Å². The number of benzene rings is 3. The van der Waals surface area contributed by atoms with E-state index in [0.29, 0.717) is 43.9 Å². The molecule has 8 nitrogen and oxygen atoms in total. The van der Waals surface area contributed by atoms with E-state index in [1.807, 2.05) is 65.6 Å². The van der Waals surface area contributed by atoms with Crippen LogP contribution in [0.1, 0.15) is 73.5 Å². The van der Waals surface area contributed by atoms with Crippen molar-refractivity contribution in [2.75, 3.05) is 13.1 Å². The lowest BCUT2D eigenvalue weighted by molar-refractivity contribution is -0.133. The van der Waals surface area contributed by atoms with Crippen molar-refractivity contribution in [2.45, 2.75) is 57.4 Å². The normalized spacial score (nSPS) is 14.5. The van der Waals surface area contributed by atoms with Crippen molar-refractivity contribution in [2.24, 2.45) is 0 Å². The average molecular weight is 561 g/mol. The summed E-state index contributed by atoms with van der Waals surface area (Å²) in [5, 5.41) is 8.38. The van der Waals surface area contributed by atoms with Crippen LogP contribution in [0.5, 0.6) is 0 Å². The summed E-state index contributed by atoms with van der Waals surface area (Å²) in [4.78, 5) is 36.6. The molecule has 3 heterocycles. The number of hydrogen-bond acceptors (Lipinski definition) is 5. The third kappa shape index (κ3) is 5.62. The second-order valence-electron chi connectivity index (χ2n) is 12.2. The van der Waals surface area contributed by atoms with Crippen molar-refractivity contribution in [3.63, 3.8) is 0 Å². The van der Waals surface area contributed by atoms with E-state index in [1.165, 1.54) is 5.56 Å². The highest BCUT2D eigenvalue weighted by Gasteiger charge is 2.32. The molecular formula is C34H36N6O2. The molecule has 1 aliphatic rings. The summed E-state index contributed by atoms with van der Waals surface area (Å²) < 4.78 is 1.70. The fraction of sp³-hybridized carbons (Fsp3) is 0.324. The summed E-state index contributed by atoms with van der Waals surface area (Å²) in [7, 11) is 0. The molecule has 0 saturated carbocycles. The van der Waals surface area contributed by atoms with Crippen molar-refractivity contribution in [1.82, 2.24) is 29.9 Å². The van der Waals surface area contributed by atoms with E-state index in [-0.39, 0.29) is 34.2 Å². The molecule has 1 aliphatic heterocycles. The number of piperidine rings is 1. The maximum Gasteiger partial charge on any atom is 0.281 e. The minimum absolute atomic E-state index is 0.0347. The van der Waals surface area contributed by atoms with E-state index < -0.39 is 0 Å². The zero-order valence-corrected chi connectivity index (χ0v) is 24.3. The standard InChI is InChI=1S/C34H36N6O2/c1-34(2,3)27-16-14-23(15-17-27)22-40-31-29(37-38-40)32(41)36-30(35-31)26-18-20-39(21-19-26)33(42)28(24-10-6-4-7-11-24)25-12-8-5-9-13-25/h4-17,26,28H,18-22H2,1-3H3,(H,35,36,41). The lowest BCUT2D eigenvalue weighted by atomic mass is 9.87. The van der Waals surface area contributed by atoms with Crippen LogP contribution in [0.25, 0.3) is 11.2 Å². The molecule has 42 heavy (non-hydrogen) atoms. The molecule has 1 amide bonds. The molecule has 0 radical (unpaired) electrons. The molecule has 3 aromatic carbocycles. The first kappa shape index (κ1) is 27.6. The number of fused-ring (bicyclic) bond motifs is 1. The number of rotatable bonds is 6. The van der Waals surface area contributed by atoms with Crippen LogP contribution in [0, 0.1) is 0 Å². The molecule has 214 valence electrons. The Labute approximate surface area is 245 Å². The number of nitrogens with one attached hydrogen (secondary N) is 1. The van der Waals surface area contributed by atoms with Gasteiger partial charge in [0.05, 0.1) is 12.5 Å². The monoisotopic (exact) mass is 560 g/mol. The van der Waals surface area contributed by atoms with Gasteiger partial charge in [-0.15, -0.1) is 5.10 Å². The highest BCUT2D eigenvalue weighted by atomic mass is 16.2. The Morgan fingerprint density at radius 2 is 1.50 bits per heavy atom. The number of likely N-dealkylation sites (tertiary alicyclic amines) is 1. The molecule has 1 fully saturated rings. The lowest BCUT2D eigenvalue weighted by Gasteiger charge is -2.34. The van der Waals surface area contributed by atoms with Crippen molar-refractivity contribution < 1.29 is 4.79 Å². The molecule has 1 saturated heterocycles.